The van der Waals surface area contributed by atoms with Gasteiger partial charge in [-0.2, -0.15) is 0 Å². The van der Waals surface area contributed by atoms with Gasteiger partial charge in [0.25, 0.3) is 0 Å². The zero-order valence-electron chi connectivity index (χ0n) is 11.9. The third-order valence-electron chi connectivity index (χ3n) is 4.89. The summed E-state index contributed by atoms with van der Waals surface area (Å²) in [6, 6.07) is 0.246. The highest BCUT2D eigenvalue weighted by molar-refractivity contribution is 5.87. The molecule has 1 aliphatic carbocycles. The van der Waals surface area contributed by atoms with E-state index in [0.717, 1.165) is 45.3 Å². The zero-order valence-corrected chi connectivity index (χ0v) is 11.9. The van der Waals surface area contributed by atoms with E-state index in [0.29, 0.717) is 5.92 Å². The van der Waals surface area contributed by atoms with Crippen LogP contribution >= 0.6 is 0 Å². The molecule has 2 saturated heterocycles. The minimum Gasteiger partial charge on any atom is -0.376 e. The van der Waals surface area contributed by atoms with Gasteiger partial charge in [0.2, 0.25) is 5.91 Å². The first-order chi connectivity index (χ1) is 9.25. The van der Waals surface area contributed by atoms with Gasteiger partial charge in [0.1, 0.15) is 0 Å². The first-order valence-corrected chi connectivity index (χ1v) is 7.93. The molecule has 0 aromatic rings. The molecule has 2 N–H and O–H groups in total. The summed E-state index contributed by atoms with van der Waals surface area (Å²) in [4.78, 5) is 12.7. The molecule has 1 amide bonds. The number of amides is 1. The average Bonchev–Trinajstić information content (AvgIpc) is 2.95. The summed E-state index contributed by atoms with van der Waals surface area (Å²) in [6.07, 6.45) is 7.90. The van der Waals surface area contributed by atoms with Crippen LogP contribution < -0.4 is 10.6 Å². The highest BCUT2D eigenvalue weighted by Gasteiger charge is 2.45. The Hall–Kier alpha value is -0.610. The summed E-state index contributed by atoms with van der Waals surface area (Å²) in [7, 11) is 0. The van der Waals surface area contributed by atoms with E-state index >= 15 is 0 Å². The van der Waals surface area contributed by atoms with Crippen LogP contribution in [0.5, 0.6) is 0 Å². The van der Waals surface area contributed by atoms with E-state index in [-0.39, 0.29) is 23.6 Å². The van der Waals surface area contributed by atoms with Gasteiger partial charge < -0.3 is 15.4 Å². The number of carbonyl (C=O) groups is 1. The van der Waals surface area contributed by atoms with Crippen LogP contribution in [0.3, 0.4) is 0 Å². The molecular weight excluding hydrogens is 240 g/mol. The lowest BCUT2D eigenvalue weighted by atomic mass is 9.90. The predicted molar refractivity (Wildman–Crippen MR) is 73.9 cm³/mol. The Morgan fingerprint density at radius 2 is 2.26 bits per heavy atom. The molecule has 3 atom stereocenters. The van der Waals surface area contributed by atoms with Crippen LogP contribution in [0.2, 0.25) is 0 Å². The van der Waals surface area contributed by atoms with Crippen molar-refractivity contribution in [3.05, 3.63) is 0 Å². The van der Waals surface area contributed by atoms with Crippen molar-refractivity contribution in [2.75, 3.05) is 13.2 Å². The van der Waals surface area contributed by atoms with Gasteiger partial charge in [-0.25, -0.2) is 0 Å². The summed E-state index contributed by atoms with van der Waals surface area (Å²) in [5.74, 6) is 0.916. The summed E-state index contributed by atoms with van der Waals surface area (Å²) >= 11 is 0. The molecule has 3 fully saturated rings. The molecule has 4 nitrogen and oxygen atoms in total. The quantitative estimate of drug-likeness (QED) is 0.794. The average molecular weight is 266 g/mol. The molecule has 0 aromatic carbocycles. The predicted octanol–water partition coefficient (Wildman–Crippen LogP) is 1.59. The monoisotopic (exact) mass is 266 g/mol. The van der Waals surface area contributed by atoms with Gasteiger partial charge >= 0.3 is 0 Å². The number of hydrogen-bond donors (Lipinski definition) is 2. The number of hydrogen-bond acceptors (Lipinski definition) is 3. The molecule has 4 heteroatoms. The minimum absolute atomic E-state index is 0.216. The van der Waals surface area contributed by atoms with Gasteiger partial charge in [0, 0.05) is 6.61 Å². The van der Waals surface area contributed by atoms with Gasteiger partial charge in [-0.05, 0) is 51.0 Å². The number of nitrogens with one attached hydrogen (secondary N) is 2. The van der Waals surface area contributed by atoms with Crippen LogP contribution in [-0.4, -0.2) is 36.7 Å². The van der Waals surface area contributed by atoms with Crippen LogP contribution in [0.4, 0.5) is 0 Å². The van der Waals surface area contributed by atoms with Crippen LogP contribution in [0.1, 0.15) is 51.9 Å². The van der Waals surface area contributed by atoms with Crippen LogP contribution in [0.25, 0.3) is 0 Å². The molecule has 108 valence electrons. The molecule has 1 saturated carbocycles. The van der Waals surface area contributed by atoms with E-state index in [1.54, 1.807) is 0 Å². The summed E-state index contributed by atoms with van der Waals surface area (Å²) in [5, 5.41) is 6.74. The Balaban J connectivity index is 1.62. The zero-order chi connectivity index (χ0) is 13.3. The number of ether oxygens (including phenoxy) is 1. The third kappa shape index (κ3) is 2.65. The van der Waals surface area contributed by atoms with E-state index in [1.807, 2.05) is 0 Å². The molecule has 19 heavy (non-hydrogen) atoms. The molecule has 2 heterocycles. The largest absolute Gasteiger partial charge is 0.376 e. The van der Waals surface area contributed by atoms with Crippen molar-refractivity contribution in [1.82, 2.24) is 10.6 Å². The summed E-state index contributed by atoms with van der Waals surface area (Å²) in [6.45, 7) is 3.93. The molecule has 0 bridgehead atoms. The van der Waals surface area contributed by atoms with Gasteiger partial charge in [-0.3, -0.25) is 4.79 Å². The van der Waals surface area contributed by atoms with E-state index in [1.165, 1.54) is 12.8 Å². The fourth-order valence-corrected chi connectivity index (χ4v) is 3.72. The first-order valence-electron chi connectivity index (χ1n) is 7.93. The van der Waals surface area contributed by atoms with Crippen molar-refractivity contribution in [2.45, 2.75) is 69.6 Å². The Bertz CT molecular complexity index is 335. The highest BCUT2D eigenvalue weighted by atomic mass is 16.5. The summed E-state index contributed by atoms with van der Waals surface area (Å²) in [5.41, 5.74) is -0.300. The van der Waals surface area contributed by atoms with Gasteiger partial charge in [0.05, 0.1) is 17.7 Å². The molecule has 3 unspecified atom stereocenters. The lowest BCUT2D eigenvalue weighted by molar-refractivity contribution is -0.128. The maximum Gasteiger partial charge on any atom is 0.240 e. The Morgan fingerprint density at radius 3 is 2.89 bits per heavy atom. The van der Waals surface area contributed by atoms with E-state index in [2.05, 4.69) is 17.6 Å². The van der Waals surface area contributed by atoms with E-state index in [4.69, 9.17) is 4.74 Å². The van der Waals surface area contributed by atoms with Gasteiger partial charge in [-0.1, -0.05) is 13.3 Å². The SMILES string of the molecule is CCCC1(C(=O)NC2CCOC2C2CC2)CCCN1. The molecule has 3 aliphatic rings. The third-order valence-corrected chi connectivity index (χ3v) is 4.89. The second kappa shape index (κ2) is 5.41. The Kier molecular flexibility index (Phi) is 3.81. The Labute approximate surface area is 115 Å². The second-order valence-corrected chi connectivity index (χ2v) is 6.40. The van der Waals surface area contributed by atoms with Crippen molar-refractivity contribution < 1.29 is 9.53 Å². The molecule has 3 rings (SSSR count). The van der Waals surface area contributed by atoms with E-state index < -0.39 is 0 Å². The lowest BCUT2D eigenvalue weighted by Crippen LogP contribution is -2.57. The number of carbonyl (C=O) groups excluding carboxylic acids is 1. The van der Waals surface area contributed by atoms with Crippen LogP contribution in [0.15, 0.2) is 0 Å². The van der Waals surface area contributed by atoms with Crippen molar-refractivity contribution in [1.29, 1.82) is 0 Å². The van der Waals surface area contributed by atoms with Gasteiger partial charge in [0.15, 0.2) is 0 Å². The molecule has 0 aromatic heterocycles. The van der Waals surface area contributed by atoms with Gasteiger partial charge in [-0.15, -0.1) is 0 Å². The first kappa shape index (κ1) is 13.4. The topological polar surface area (TPSA) is 50.4 Å². The van der Waals surface area contributed by atoms with Crippen LogP contribution in [-0.2, 0) is 9.53 Å². The Morgan fingerprint density at radius 1 is 1.42 bits per heavy atom. The standard InChI is InChI=1S/C15H26N2O2/c1-2-7-15(8-3-9-16-15)14(18)17-12-6-10-19-13(12)11-4-5-11/h11-13,16H,2-10H2,1H3,(H,17,18). The molecular formula is C15H26N2O2. The molecule has 2 aliphatic heterocycles. The van der Waals surface area contributed by atoms with Crippen molar-refractivity contribution in [2.24, 2.45) is 5.92 Å². The lowest BCUT2D eigenvalue weighted by Gasteiger charge is -2.30. The maximum absolute atomic E-state index is 12.7. The fraction of sp³-hybridized carbons (Fsp3) is 0.933. The normalized spacial score (nSPS) is 38.6. The van der Waals surface area contributed by atoms with Crippen LogP contribution in [0, 0.1) is 5.92 Å². The number of rotatable bonds is 5. The molecule has 0 spiro atoms. The van der Waals surface area contributed by atoms with Crippen molar-refractivity contribution in [3.8, 4) is 0 Å². The minimum atomic E-state index is -0.300. The fourth-order valence-electron chi connectivity index (χ4n) is 3.72. The molecule has 0 radical (unpaired) electrons. The smallest absolute Gasteiger partial charge is 0.240 e. The maximum atomic E-state index is 12.7. The summed E-state index contributed by atoms with van der Waals surface area (Å²) < 4.78 is 5.81. The van der Waals surface area contributed by atoms with Crippen molar-refractivity contribution in [3.63, 3.8) is 0 Å². The highest BCUT2D eigenvalue weighted by Crippen LogP contribution is 2.39. The van der Waals surface area contributed by atoms with Crippen molar-refractivity contribution >= 4 is 5.91 Å². The second-order valence-electron chi connectivity index (χ2n) is 6.40. The van der Waals surface area contributed by atoms with E-state index in [9.17, 15) is 4.79 Å².